The molecule has 3 rings (SSSR count). The van der Waals surface area contributed by atoms with Crippen LogP contribution in [-0.4, -0.2) is 46.5 Å². The van der Waals surface area contributed by atoms with Crippen LogP contribution in [0.25, 0.3) is 5.82 Å². The normalized spacial score (nSPS) is 10.7. The summed E-state index contributed by atoms with van der Waals surface area (Å²) in [6.07, 6.45) is 6.53. The summed E-state index contributed by atoms with van der Waals surface area (Å²) in [4.78, 5) is 8.21. The van der Waals surface area contributed by atoms with Gasteiger partial charge in [-0.05, 0) is 12.1 Å². The molecular formula is C12H14N8O. The summed E-state index contributed by atoms with van der Waals surface area (Å²) in [6, 6.07) is 3.74. The Morgan fingerprint density at radius 3 is 3.10 bits per heavy atom. The van der Waals surface area contributed by atoms with E-state index in [-0.39, 0.29) is 6.61 Å². The first-order valence-electron chi connectivity index (χ1n) is 6.40. The fourth-order valence-corrected chi connectivity index (χ4v) is 1.85. The summed E-state index contributed by atoms with van der Waals surface area (Å²) < 4.78 is 3.18. The van der Waals surface area contributed by atoms with E-state index in [1.54, 1.807) is 28.1 Å². The highest BCUT2D eigenvalue weighted by atomic mass is 16.3. The summed E-state index contributed by atoms with van der Waals surface area (Å²) in [6.45, 7) is 0.970. The van der Waals surface area contributed by atoms with Gasteiger partial charge in [-0.15, -0.1) is 5.10 Å². The molecule has 3 aromatic rings. The molecule has 0 amide bonds. The second-order valence-electron chi connectivity index (χ2n) is 4.26. The molecule has 3 aromatic heterocycles. The van der Waals surface area contributed by atoms with Crippen molar-refractivity contribution < 1.29 is 5.11 Å². The van der Waals surface area contributed by atoms with Crippen molar-refractivity contribution in [1.29, 1.82) is 0 Å². The van der Waals surface area contributed by atoms with Crippen LogP contribution in [0.2, 0.25) is 0 Å². The average Bonchev–Trinajstić information content (AvgIpc) is 3.17. The fourth-order valence-electron chi connectivity index (χ4n) is 1.85. The Balaban J connectivity index is 1.73. The highest BCUT2D eigenvalue weighted by molar-refractivity contribution is 5.56. The number of pyridine rings is 1. The van der Waals surface area contributed by atoms with E-state index in [1.165, 1.54) is 6.33 Å². The van der Waals surface area contributed by atoms with Crippen LogP contribution in [0, 0.1) is 0 Å². The maximum absolute atomic E-state index is 8.85. The second-order valence-corrected chi connectivity index (χ2v) is 4.26. The molecule has 0 aromatic carbocycles. The van der Waals surface area contributed by atoms with Crippen LogP contribution in [0.5, 0.6) is 0 Å². The molecule has 0 aliphatic rings. The first-order chi connectivity index (χ1) is 10.4. The first-order valence-corrected chi connectivity index (χ1v) is 6.40. The smallest absolute Gasteiger partial charge is 0.178 e. The maximum Gasteiger partial charge on any atom is 0.178 e. The first kappa shape index (κ1) is 13.2. The number of aromatic nitrogens is 7. The summed E-state index contributed by atoms with van der Waals surface area (Å²) in [7, 11) is 0. The van der Waals surface area contributed by atoms with Crippen LogP contribution in [0.4, 0.5) is 5.69 Å². The highest BCUT2D eigenvalue weighted by Crippen LogP contribution is 2.16. The Hall–Kier alpha value is -2.81. The van der Waals surface area contributed by atoms with E-state index in [1.807, 2.05) is 12.1 Å². The van der Waals surface area contributed by atoms with Gasteiger partial charge in [0, 0.05) is 6.20 Å². The minimum absolute atomic E-state index is 0.0370. The molecule has 0 atom stereocenters. The third-order valence-electron chi connectivity index (χ3n) is 2.80. The molecule has 9 heteroatoms. The lowest BCUT2D eigenvalue weighted by Crippen LogP contribution is -2.07. The monoisotopic (exact) mass is 286 g/mol. The minimum atomic E-state index is 0.0370. The van der Waals surface area contributed by atoms with Gasteiger partial charge in [0.05, 0.1) is 31.6 Å². The number of nitrogens with zero attached hydrogens (tertiary/aromatic N) is 7. The van der Waals surface area contributed by atoms with Gasteiger partial charge in [0.1, 0.15) is 18.3 Å². The number of hydrogen-bond acceptors (Lipinski definition) is 7. The molecule has 2 N–H and O–H groups in total. The minimum Gasteiger partial charge on any atom is -0.394 e. The molecule has 0 aliphatic carbocycles. The van der Waals surface area contributed by atoms with Crippen molar-refractivity contribution >= 4 is 5.69 Å². The van der Waals surface area contributed by atoms with Crippen molar-refractivity contribution in [3.8, 4) is 5.82 Å². The molecule has 21 heavy (non-hydrogen) atoms. The van der Waals surface area contributed by atoms with Gasteiger partial charge < -0.3 is 10.4 Å². The second kappa shape index (κ2) is 6.09. The van der Waals surface area contributed by atoms with Gasteiger partial charge in [0.2, 0.25) is 0 Å². The zero-order chi connectivity index (χ0) is 14.5. The molecule has 0 saturated carbocycles. The molecule has 0 unspecified atom stereocenters. The summed E-state index contributed by atoms with van der Waals surface area (Å²) in [5, 5.41) is 24.1. The van der Waals surface area contributed by atoms with Gasteiger partial charge in [-0.1, -0.05) is 5.21 Å². The lowest BCUT2D eigenvalue weighted by molar-refractivity contribution is 0.268. The molecule has 0 bridgehead atoms. The zero-order valence-corrected chi connectivity index (χ0v) is 11.2. The van der Waals surface area contributed by atoms with E-state index in [0.717, 1.165) is 11.4 Å². The number of aliphatic hydroxyl groups is 1. The molecule has 0 radical (unpaired) electrons. The van der Waals surface area contributed by atoms with Crippen molar-refractivity contribution in [2.45, 2.75) is 13.1 Å². The van der Waals surface area contributed by atoms with Gasteiger partial charge in [-0.2, -0.15) is 5.10 Å². The third kappa shape index (κ3) is 3.03. The molecule has 0 saturated heterocycles. The standard InChI is InChI=1S/C12H14N8O/c21-5-4-19-7-10(17-18-19)6-15-11-2-1-3-14-12(11)20-9-13-8-16-20/h1-3,7-9,15,21H,4-6H2. The molecule has 3 heterocycles. The van der Waals surface area contributed by atoms with E-state index < -0.39 is 0 Å². The molecule has 0 spiro atoms. The van der Waals surface area contributed by atoms with Crippen molar-refractivity contribution in [3.05, 3.63) is 42.9 Å². The van der Waals surface area contributed by atoms with Crippen molar-refractivity contribution in [1.82, 2.24) is 34.7 Å². The van der Waals surface area contributed by atoms with Crippen molar-refractivity contribution in [3.63, 3.8) is 0 Å². The van der Waals surface area contributed by atoms with E-state index in [9.17, 15) is 0 Å². The Morgan fingerprint density at radius 2 is 2.29 bits per heavy atom. The molecule has 0 aliphatic heterocycles. The largest absolute Gasteiger partial charge is 0.394 e. The summed E-state index contributed by atoms with van der Waals surface area (Å²) >= 11 is 0. The van der Waals surface area contributed by atoms with Gasteiger partial charge in [0.15, 0.2) is 5.82 Å². The van der Waals surface area contributed by atoms with E-state index >= 15 is 0 Å². The summed E-state index contributed by atoms with van der Waals surface area (Å²) in [5.74, 6) is 0.665. The number of hydrogen-bond donors (Lipinski definition) is 2. The maximum atomic E-state index is 8.85. The fraction of sp³-hybridized carbons (Fsp3) is 0.250. The van der Waals surface area contributed by atoms with Gasteiger partial charge >= 0.3 is 0 Å². The number of aliphatic hydroxyl groups excluding tert-OH is 1. The Morgan fingerprint density at radius 1 is 1.33 bits per heavy atom. The van der Waals surface area contributed by atoms with Crippen LogP contribution in [0.15, 0.2) is 37.2 Å². The predicted molar refractivity (Wildman–Crippen MR) is 73.6 cm³/mol. The van der Waals surface area contributed by atoms with Gasteiger partial charge in [-0.25, -0.2) is 19.3 Å². The SMILES string of the molecule is OCCn1cc(CNc2cccnc2-n2cncn2)nn1. The summed E-state index contributed by atoms with van der Waals surface area (Å²) in [5.41, 5.74) is 1.59. The van der Waals surface area contributed by atoms with E-state index in [2.05, 4.69) is 30.7 Å². The Labute approximate surface area is 120 Å². The Bertz CT molecular complexity index is 693. The topological polar surface area (TPSA) is 107 Å². The predicted octanol–water partition coefficient (Wildman–Crippen LogP) is -0.142. The van der Waals surface area contributed by atoms with Crippen LogP contribution >= 0.6 is 0 Å². The van der Waals surface area contributed by atoms with E-state index in [4.69, 9.17) is 5.11 Å². The van der Waals surface area contributed by atoms with Gasteiger partial charge in [-0.3, -0.25) is 0 Å². The van der Waals surface area contributed by atoms with Crippen LogP contribution in [-0.2, 0) is 13.1 Å². The van der Waals surface area contributed by atoms with Gasteiger partial charge in [0.25, 0.3) is 0 Å². The van der Waals surface area contributed by atoms with Crippen LogP contribution < -0.4 is 5.32 Å². The van der Waals surface area contributed by atoms with Crippen molar-refractivity contribution in [2.75, 3.05) is 11.9 Å². The molecule has 9 nitrogen and oxygen atoms in total. The third-order valence-corrected chi connectivity index (χ3v) is 2.80. The zero-order valence-electron chi connectivity index (χ0n) is 11.2. The Kier molecular flexibility index (Phi) is 3.83. The average molecular weight is 286 g/mol. The number of rotatable bonds is 6. The van der Waals surface area contributed by atoms with Crippen molar-refractivity contribution in [2.24, 2.45) is 0 Å². The molecular weight excluding hydrogens is 272 g/mol. The van der Waals surface area contributed by atoms with Crippen LogP contribution in [0.3, 0.4) is 0 Å². The highest BCUT2D eigenvalue weighted by Gasteiger charge is 2.07. The quantitative estimate of drug-likeness (QED) is 0.649. The lowest BCUT2D eigenvalue weighted by Gasteiger charge is -2.08. The van der Waals surface area contributed by atoms with Crippen LogP contribution in [0.1, 0.15) is 5.69 Å². The molecule has 0 fully saturated rings. The van der Waals surface area contributed by atoms with E-state index in [0.29, 0.717) is 18.9 Å². The number of anilines is 1. The number of nitrogens with one attached hydrogen (secondary N) is 1. The molecule has 108 valence electrons. The lowest BCUT2D eigenvalue weighted by atomic mass is 10.3.